The first-order chi connectivity index (χ1) is 8.95. The summed E-state index contributed by atoms with van der Waals surface area (Å²) in [6, 6.07) is 8.76. The molecule has 2 rings (SSSR count). The molecule has 1 aliphatic rings. The van der Waals surface area contributed by atoms with Crippen LogP contribution >= 0.6 is 0 Å². The third-order valence-corrected chi connectivity index (χ3v) is 4.39. The van der Waals surface area contributed by atoms with Gasteiger partial charge in [0.2, 0.25) is 0 Å². The number of piperidine rings is 1. The molecule has 1 fully saturated rings. The summed E-state index contributed by atoms with van der Waals surface area (Å²) in [5.41, 5.74) is 2.92. The van der Waals surface area contributed by atoms with Crippen LogP contribution in [-0.2, 0) is 0 Å². The topological polar surface area (TPSA) is 23.5 Å². The van der Waals surface area contributed by atoms with Crippen LogP contribution in [0.2, 0.25) is 0 Å². The second-order valence-corrected chi connectivity index (χ2v) is 6.72. The van der Waals surface area contributed by atoms with Crippen LogP contribution in [0.1, 0.15) is 52.0 Å². The lowest BCUT2D eigenvalue weighted by molar-refractivity contribution is 0.166. The van der Waals surface area contributed by atoms with Gasteiger partial charge < -0.3 is 10.0 Å². The van der Waals surface area contributed by atoms with Gasteiger partial charge in [0.15, 0.2) is 0 Å². The molecular formula is C17H27NO. The van der Waals surface area contributed by atoms with Crippen LogP contribution in [0, 0.1) is 5.92 Å². The third-order valence-electron chi connectivity index (χ3n) is 4.39. The lowest BCUT2D eigenvalue weighted by Gasteiger charge is -2.48. The van der Waals surface area contributed by atoms with E-state index in [4.69, 9.17) is 0 Å². The number of benzene rings is 1. The Balaban J connectivity index is 2.32. The van der Waals surface area contributed by atoms with E-state index in [1.165, 1.54) is 11.3 Å². The van der Waals surface area contributed by atoms with E-state index in [2.05, 4.69) is 56.9 Å². The molecule has 1 heterocycles. The van der Waals surface area contributed by atoms with Crippen LogP contribution in [0.25, 0.3) is 0 Å². The lowest BCUT2D eigenvalue weighted by atomic mass is 9.82. The molecule has 0 bridgehead atoms. The minimum Gasteiger partial charge on any atom is -0.396 e. The molecule has 0 saturated carbocycles. The molecule has 0 amide bonds. The van der Waals surface area contributed by atoms with E-state index in [0.717, 1.165) is 19.4 Å². The van der Waals surface area contributed by atoms with Gasteiger partial charge in [0.25, 0.3) is 0 Å². The summed E-state index contributed by atoms with van der Waals surface area (Å²) in [6.07, 6.45) is 2.16. The molecule has 2 heteroatoms. The van der Waals surface area contributed by atoms with Crippen LogP contribution in [0.4, 0.5) is 5.69 Å². The molecule has 0 spiro atoms. The Morgan fingerprint density at radius 3 is 2.58 bits per heavy atom. The van der Waals surface area contributed by atoms with Crippen molar-refractivity contribution in [2.75, 3.05) is 18.1 Å². The van der Waals surface area contributed by atoms with Crippen molar-refractivity contribution < 1.29 is 5.11 Å². The average Bonchev–Trinajstić information content (AvgIpc) is 2.37. The molecule has 0 aliphatic carbocycles. The molecule has 0 radical (unpaired) electrons. The number of aliphatic hydroxyl groups excluding tert-OH is 1. The van der Waals surface area contributed by atoms with Gasteiger partial charge in [0.1, 0.15) is 0 Å². The number of para-hydroxylation sites is 1. The second kappa shape index (κ2) is 5.54. The van der Waals surface area contributed by atoms with E-state index in [0.29, 0.717) is 18.4 Å². The molecule has 1 unspecified atom stereocenters. The zero-order chi connectivity index (χ0) is 14.0. The summed E-state index contributed by atoms with van der Waals surface area (Å²) in [7, 11) is 0. The highest BCUT2D eigenvalue weighted by Gasteiger charge is 2.35. The van der Waals surface area contributed by atoms with Gasteiger partial charge in [-0.2, -0.15) is 0 Å². The highest BCUT2D eigenvalue weighted by atomic mass is 16.3. The average molecular weight is 261 g/mol. The highest BCUT2D eigenvalue weighted by molar-refractivity contribution is 5.57. The van der Waals surface area contributed by atoms with E-state index in [1.807, 2.05) is 0 Å². The van der Waals surface area contributed by atoms with E-state index >= 15 is 0 Å². The fourth-order valence-corrected chi connectivity index (χ4v) is 3.36. The van der Waals surface area contributed by atoms with Crippen molar-refractivity contribution >= 4 is 5.69 Å². The molecule has 1 aromatic rings. The largest absolute Gasteiger partial charge is 0.396 e. The maximum absolute atomic E-state index is 9.40. The van der Waals surface area contributed by atoms with Gasteiger partial charge in [-0.05, 0) is 50.2 Å². The lowest BCUT2D eigenvalue weighted by Crippen LogP contribution is -2.51. The highest BCUT2D eigenvalue weighted by Crippen LogP contribution is 2.38. The van der Waals surface area contributed by atoms with E-state index in [9.17, 15) is 5.11 Å². The van der Waals surface area contributed by atoms with Gasteiger partial charge in [-0.3, -0.25) is 0 Å². The Labute approximate surface area is 117 Å². The summed E-state index contributed by atoms with van der Waals surface area (Å²) in [4.78, 5) is 2.54. The molecule has 1 aromatic carbocycles. The minimum atomic E-state index is 0.122. The Hall–Kier alpha value is -1.02. The maximum Gasteiger partial charge on any atom is 0.0460 e. The molecule has 19 heavy (non-hydrogen) atoms. The normalized spacial score (nSPS) is 22.8. The molecule has 1 saturated heterocycles. The SMILES string of the molecule is CC(C)c1ccccc1N1CCC(CO)CC1(C)C. The van der Waals surface area contributed by atoms with Gasteiger partial charge in [-0.25, -0.2) is 0 Å². The predicted octanol–water partition coefficient (Wildman–Crippen LogP) is 3.80. The van der Waals surface area contributed by atoms with Crippen molar-refractivity contribution in [1.82, 2.24) is 0 Å². The van der Waals surface area contributed by atoms with Gasteiger partial charge in [0, 0.05) is 24.4 Å². The molecule has 0 aromatic heterocycles. The minimum absolute atomic E-state index is 0.122. The summed E-state index contributed by atoms with van der Waals surface area (Å²) in [6.45, 7) is 10.5. The van der Waals surface area contributed by atoms with Crippen molar-refractivity contribution in [1.29, 1.82) is 0 Å². The standard InChI is InChI=1S/C17H27NO/c1-13(2)15-7-5-6-8-16(15)18-10-9-14(12-19)11-17(18,3)4/h5-8,13-14,19H,9-12H2,1-4H3. The number of aliphatic hydroxyl groups is 1. The summed E-state index contributed by atoms with van der Waals surface area (Å²) < 4.78 is 0. The number of hydrogen-bond acceptors (Lipinski definition) is 2. The van der Waals surface area contributed by atoms with E-state index in [1.54, 1.807) is 0 Å². The fourth-order valence-electron chi connectivity index (χ4n) is 3.36. The van der Waals surface area contributed by atoms with Gasteiger partial charge in [-0.15, -0.1) is 0 Å². The Morgan fingerprint density at radius 1 is 1.32 bits per heavy atom. The maximum atomic E-state index is 9.40. The first-order valence-electron chi connectivity index (χ1n) is 7.43. The summed E-state index contributed by atoms with van der Waals surface area (Å²) >= 11 is 0. The predicted molar refractivity (Wildman–Crippen MR) is 81.8 cm³/mol. The molecule has 2 nitrogen and oxygen atoms in total. The van der Waals surface area contributed by atoms with Gasteiger partial charge in [0.05, 0.1) is 0 Å². The smallest absolute Gasteiger partial charge is 0.0460 e. The zero-order valence-corrected chi connectivity index (χ0v) is 12.7. The molecular weight excluding hydrogens is 234 g/mol. The van der Waals surface area contributed by atoms with Crippen molar-refractivity contribution in [3.05, 3.63) is 29.8 Å². The molecule has 1 aliphatic heterocycles. The number of hydrogen-bond donors (Lipinski definition) is 1. The van der Waals surface area contributed by atoms with E-state index in [-0.39, 0.29) is 5.54 Å². The first-order valence-corrected chi connectivity index (χ1v) is 7.43. The van der Waals surface area contributed by atoms with Crippen LogP contribution in [0.5, 0.6) is 0 Å². The Morgan fingerprint density at radius 2 is 2.00 bits per heavy atom. The van der Waals surface area contributed by atoms with Crippen LogP contribution in [0.3, 0.4) is 0 Å². The monoisotopic (exact) mass is 261 g/mol. The van der Waals surface area contributed by atoms with Crippen LogP contribution < -0.4 is 4.90 Å². The zero-order valence-electron chi connectivity index (χ0n) is 12.7. The number of rotatable bonds is 3. The molecule has 1 atom stereocenters. The summed E-state index contributed by atoms with van der Waals surface area (Å²) in [5.74, 6) is 1.00. The van der Waals surface area contributed by atoms with Crippen molar-refractivity contribution in [2.45, 2.75) is 52.0 Å². The van der Waals surface area contributed by atoms with Crippen molar-refractivity contribution in [2.24, 2.45) is 5.92 Å². The first kappa shape index (κ1) is 14.4. The number of nitrogens with zero attached hydrogens (tertiary/aromatic N) is 1. The van der Waals surface area contributed by atoms with E-state index < -0.39 is 0 Å². The Kier molecular flexibility index (Phi) is 4.19. The van der Waals surface area contributed by atoms with Crippen molar-refractivity contribution in [3.63, 3.8) is 0 Å². The third kappa shape index (κ3) is 2.94. The molecule has 1 N–H and O–H groups in total. The molecule has 106 valence electrons. The quantitative estimate of drug-likeness (QED) is 0.894. The second-order valence-electron chi connectivity index (χ2n) is 6.72. The number of anilines is 1. The fraction of sp³-hybridized carbons (Fsp3) is 0.647. The summed E-state index contributed by atoms with van der Waals surface area (Å²) in [5, 5.41) is 9.40. The van der Waals surface area contributed by atoms with Crippen LogP contribution in [0.15, 0.2) is 24.3 Å². The van der Waals surface area contributed by atoms with Crippen molar-refractivity contribution in [3.8, 4) is 0 Å². The van der Waals surface area contributed by atoms with Crippen LogP contribution in [-0.4, -0.2) is 23.8 Å². The van der Waals surface area contributed by atoms with Gasteiger partial charge >= 0.3 is 0 Å². The van der Waals surface area contributed by atoms with Gasteiger partial charge in [-0.1, -0.05) is 32.0 Å². The Bertz CT molecular complexity index is 425.